The third-order valence-corrected chi connectivity index (χ3v) is 4.16. The van der Waals surface area contributed by atoms with E-state index >= 15 is 0 Å². The number of hydrogen-bond donors (Lipinski definition) is 0. The monoisotopic (exact) mass is 531 g/mol. The van der Waals surface area contributed by atoms with Crippen LogP contribution in [0.15, 0.2) is 80.4 Å². The molecule has 0 aliphatic rings. The van der Waals surface area contributed by atoms with E-state index in [0.29, 0.717) is 0 Å². The van der Waals surface area contributed by atoms with E-state index in [1.807, 2.05) is 42.7 Å². The van der Waals surface area contributed by atoms with Gasteiger partial charge in [-0.05, 0) is 50.8 Å². The van der Waals surface area contributed by atoms with E-state index in [4.69, 9.17) is 12.6 Å². The van der Waals surface area contributed by atoms with E-state index < -0.39 is 0 Å². The van der Waals surface area contributed by atoms with E-state index in [-0.39, 0.29) is 45.0 Å². The minimum absolute atomic E-state index is 0. The molecule has 1 radical (unpaired) electrons. The Morgan fingerprint density at radius 3 is 1.18 bits per heavy atom. The first kappa shape index (κ1) is 35.6. The molecule has 0 saturated carbocycles. The second-order valence-electron chi connectivity index (χ2n) is 7.51. The van der Waals surface area contributed by atoms with Crippen LogP contribution in [-0.4, -0.2) is 27.8 Å². The molecule has 0 spiro atoms. The molecule has 0 aliphatic heterocycles. The van der Waals surface area contributed by atoms with E-state index in [1.54, 1.807) is 0 Å². The molecule has 2 aromatic rings. The van der Waals surface area contributed by atoms with Gasteiger partial charge in [0, 0.05) is 52.0 Å². The zero-order valence-corrected chi connectivity index (χ0v) is 22.2. The minimum Gasteiger partial charge on any atom is -0.792 e. The average molecular weight is 532 g/mol. The molecule has 0 unspecified atom stereocenters. The fourth-order valence-electron chi connectivity index (χ4n) is 1.54. The number of hydrogen-bond acceptors (Lipinski definition) is 10. The number of aromatic nitrogens is 1. The summed E-state index contributed by atoms with van der Waals surface area (Å²) in [5.74, 6) is 0. The van der Waals surface area contributed by atoms with Crippen molar-refractivity contribution in [2.45, 2.75) is 58.8 Å². The third-order valence-electron chi connectivity index (χ3n) is 3.88. The summed E-state index contributed by atoms with van der Waals surface area (Å²) in [7, 11) is 0. The molecule has 0 aliphatic carbocycles. The van der Waals surface area contributed by atoms with E-state index in [1.165, 1.54) is 33.3 Å². The molecule has 0 amide bonds. The summed E-state index contributed by atoms with van der Waals surface area (Å²) in [4.78, 5) is 4.86. The van der Waals surface area contributed by atoms with Crippen LogP contribution in [-0.2, 0) is 34.8 Å². The Labute approximate surface area is 217 Å². The Kier molecular flexibility index (Phi) is 21.5. The van der Waals surface area contributed by atoms with Crippen LogP contribution in [0.4, 0.5) is 0 Å². The molecular weight excluding hydrogens is 501 g/mol. The van der Waals surface area contributed by atoms with Crippen LogP contribution in [0.1, 0.15) is 54.0 Å². The van der Waals surface area contributed by atoms with Crippen LogP contribution in [0.25, 0.3) is 0 Å². The molecule has 191 valence electrons. The van der Waals surface area contributed by atoms with Gasteiger partial charge in [-0.2, -0.15) is 4.90 Å². The minimum atomic E-state index is 0. The Hall–Kier alpha value is -3.02. The van der Waals surface area contributed by atoms with Crippen molar-refractivity contribution >= 4 is 35.5 Å². The van der Waals surface area contributed by atoms with Gasteiger partial charge in [0.05, 0.1) is 0 Å². The van der Waals surface area contributed by atoms with Gasteiger partial charge in [-0.3, -0.25) is 4.98 Å². The van der Waals surface area contributed by atoms with Gasteiger partial charge in [-0.1, -0.05) is 51.1 Å². The van der Waals surface area contributed by atoms with Crippen molar-refractivity contribution in [1.82, 2.24) is 4.98 Å². The molecular formula is C23H30CoN5O4S-5. The van der Waals surface area contributed by atoms with Crippen LogP contribution >= 0.6 is 0 Å². The summed E-state index contributed by atoms with van der Waals surface area (Å²) in [5, 5.41) is 48.4. The smallest absolute Gasteiger partial charge is 0.0465 e. The zero-order valence-electron chi connectivity index (χ0n) is 20.3. The van der Waals surface area contributed by atoms with Crippen LogP contribution in [0, 0.1) is 20.8 Å². The fourth-order valence-corrected chi connectivity index (χ4v) is 1.69. The molecule has 11 heteroatoms. The van der Waals surface area contributed by atoms with Crippen molar-refractivity contribution in [3.63, 3.8) is 0 Å². The summed E-state index contributed by atoms with van der Waals surface area (Å²) in [6, 6.07) is 13.7. The van der Waals surface area contributed by atoms with Gasteiger partial charge in [0.25, 0.3) is 0 Å². The van der Waals surface area contributed by atoms with Crippen LogP contribution in [0.5, 0.6) is 0 Å². The zero-order chi connectivity index (χ0) is 25.9. The maximum absolute atomic E-state index is 9.60. The van der Waals surface area contributed by atoms with E-state index in [2.05, 4.69) is 58.5 Å². The first-order chi connectivity index (χ1) is 15.4. The topological polar surface area (TPSA) is 155 Å². The predicted octanol–water partition coefficient (Wildman–Crippen LogP) is 5.78. The summed E-state index contributed by atoms with van der Waals surface area (Å²) in [5.41, 5.74) is 2.14. The van der Waals surface area contributed by atoms with Gasteiger partial charge in [0.1, 0.15) is 0 Å². The van der Waals surface area contributed by atoms with Crippen LogP contribution in [0.3, 0.4) is 0 Å². The molecule has 9 nitrogen and oxygen atoms in total. The van der Waals surface area contributed by atoms with Gasteiger partial charge in [-0.15, -0.1) is 0 Å². The molecule has 0 fully saturated rings. The molecule has 2 rings (SSSR count). The van der Waals surface area contributed by atoms with Gasteiger partial charge >= 0.3 is 0 Å². The van der Waals surface area contributed by atoms with Crippen LogP contribution in [0.2, 0.25) is 0 Å². The van der Waals surface area contributed by atoms with Gasteiger partial charge < -0.3 is 54.1 Å². The van der Waals surface area contributed by atoms with Crippen molar-refractivity contribution in [2.24, 2.45) is 20.6 Å². The Morgan fingerprint density at radius 1 is 0.676 bits per heavy atom. The third kappa shape index (κ3) is 18.5. The first-order valence-electron chi connectivity index (χ1n) is 9.75. The first-order valence-corrected chi connectivity index (χ1v) is 10.2. The fraction of sp³-hybridized carbons (Fsp3) is 0.348. The van der Waals surface area contributed by atoms with Gasteiger partial charge in [0.15, 0.2) is 0 Å². The van der Waals surface area contributed by atoms with Gasteiger partial charge in [0.2, 0.25) is 0 Å². The Morgan fingerprint density at radius 2 is 1.00 bits per heavy atom. The summed E-state index contributed by atoms with van der Waals surface area (Å²) >= 11 is 4.81. The van der Waals surface area contributed by atoms with Crippen molar-refractivity contribution in [3.8, 4) is 0 Å². The molecule has 1 heterocycles. The van der Waals surface area contributed by atoms with Gasteiger partial charge in [-0.25, -0.2) is 0 Å². The summed E-state index contributed by atoms with van der Waals surface area (Å²) in [6.45, 7) is 12.3. The second kappa shape index (κ2) is 20.6. The standard InChI is InChI=1S/C9H13N.C6H6S.2C4H8N2O2.Co/c1-9(2,3)8-4-6-10-7-5-8;7-6-4-2-1-3-5-6;2*1-3(5-7)4(2)6-8;/h4-7H,1-3H3;1-5,7H;2*7-8H,1-2H3;/p-5. The molecule has 0 saturated heterocycles. The number of pyridine rings is 1. The maximum Gasteiger partial charge on any atom is 0.0465 e. The Balaban J connectivity index is -0.000000376. The molecule has 0 bridgehead atoms. The second-order valence-corrected chi connectivity index (χ2v) is 7.98. The molecule has 34 heavy (non-hydrogen) atoms. The van der Waals surface area contributed by atoms with Crippen molar-refractivity contribution in [3.05, 3.63) is 81.3 Å². The molecule has 1 aromatic heterocycles. The van der Waals surface area contributed by atoms with Crippen molar-refractivity contribution < 1.29 is 16.8 Å². The number of benzene rings is 1. The van der Waals surface area contributed by atoms with Crippen molar-refractivity contribution in [2.75, 3.05) is 0 Å². The summed E-state index contributed by atoms with van der Waals surface area (Å²) < 4.78 is 0. The Bertz CT molecular complexity index is 837. The van der Waals surface area contributed by atoms with E-state index in [0.717, 1.165) is 4.90 Å². The predicted molar refractivity (Wildman–Crippen MR) is 141 cm³/mol. The van der Waals surface area contributed by atoms with Crippen LogP contribution < -0.4 is 0 Å². The SMILES string of the molecule is CC(=N[O-])C(C)=N[O-].CC(=N[O-])C(C)=N[O-].CC(C)(C)c1ccncc1.[Co].[S-]c1ccccc1. The maximum atomic E-state index is 9.60. The van der Waals surface area contributed by atoms with Crippen molar-refractivity contribution in [1.29, 1.82) is 0 Å². The molecule has 1 aromatic carbocycles. The summed E-state index contributed by atoms with van der Waals surface area (Å²) in [6.07, 6.45) is 3.67. The quantitative estimate of drug-likeness (QED) is 0.272. The normalized spacial score (nSPS) is 11.9. The number of nitrogens with zero attached hydrogens (tertiary/aromatic N) is 5. The number of rotatable bonds is 2. The molecule has 0 N–H and O–H groups in total. The largest absolute Gasteiger partial charge is 0.792 e. The average Bonchev–Trinajstić information content (AvgIpc) is 2.83. The van der Waals surface area contributed by atoms with E-state index in [9.17, 15) is 20.8 Å². The molecule has 0 atom stereocenters.